The van der Waals surface area contributed by atoms with Gasteiger partial charge in [0.05, 0.1) is 6.26 Å². The number of hydrogen-bond donors (Lipinski definition) is 1. The van der Waals surface area contributed by atoms with Gasteiger partial charge in [-0.25, -0.2) is 9.97 Å². The molecule has 8 heteroatoms. The third-order valence-electron chi connectivity index (χ3n) is 4.37. The van der Waals surface area contributed by atoms with E-state index >= 15 is 0 Å². The van der Waals surface area contributed by atoms with Crippen molar-refractivity contribution in [1.82, 2.24) is 20.2 Å². The highest BCUT2D eigenvalue weighted by molar-refractivity contribution is 14.0. The number of rotatable bonds is 5. The average Bonchev–Trinajstić information content (AvgIpc) is 3.14. The van der Waals surface area contributed by atoms with E-state index in [1.807, 2.05) is 32.0 Å². The summed E-state index contributed by atoms with van der Waals surface area (Å²) in [5.41, 5.74) is 2.03. The largest absolute Gasteiger partial charge is 0.469 e. The minimum absolute atomic E-state index is 0. The summed E-state index contributed by atoms with van der Waals surface area (Å²) in [6.45, 7) is 11.3. The van der Waals surface area contributed by atoms with Crippen LogP contribution in [0.4, 0.5) is 5.95 Å². The molecule has 2 aromatic heterocycles. The fraction of sp³-hybridized carbons (Fsp3) is 0.526. The molecule has 148 valence electrons. The third-order valence-corrected chi connectivity index (χ3v) is 4.37. The number of halogens is 1. The fourth-order valence-electron chi connectivity index (χ4n) is 3.12. The molecule has 2 aromatic rings. The van der Waals surface area contributed by atoms with Crippen molar-refractivity contribution in [1.29, 1.82) is 0 Å². The Bertz CT molecular complexity index is 706. The Balaban J connectivity index is 0.00000261. The molecule has 3 rings (SSSR count). The number of aryl methyl sites for hydroxylation is 2. The Labute approximate surface area is 178 Å². The lowest BCUT2D eigenvalue weighted by Crippen LogP contribution is -2.53. The molecule has 1 fully saturated rings. The molecule has 7 nitrogen and oxygen atoms in total. The summed E-state index contributed by atoms with van der Waals surface area (Å²) in [5, 5.41) is 3.40. The zero-order valence-corrected chi connectivity index (χ0v) is 18.6. The van der Waals surface area contributed by atoms with E-state index in [1.54, 1.807) is 6.26 Å². The summed E-state index contributed by atoms with van der Waals surface area (Å²) >= 11 is 0. The van der Waals surface area contributed by atoms with Crippen molar-refractivity contribution in [2.24, 2.45) is 4.99 Å². The van der Waals surface area contributed by atoms with Crippen molar-refractivity contribution in [3.05, 3.63) is 41.6 Å². The van der Waals surface area contributed by atoms with Gasteiger partial charge in [-0.15, -0.1) is 24.0 Å². The second-order valence-corrected chi connectivity index (χ2v) is 6.49. The van der Waals surface area contributed by atoms with E-state index in [-0.39, 0.29) is 24.0 Å². The number of guanidine groups is 1. The number of nitrogens with one attached hydrogen (secondary N) is 1. The van der Waals surface area contributed by atoms with Gasteiger partial charge in [-0.2, -0.15) is 0 Å². The van der Waals surface area contributed by atoms with Crippen LogP contribution in [0.2, 0.25) is 0 Å². The molecule has 0 aromatic carbocycles. The Morgan fingerprint density at radius 1 is 1.19 bits per heavy atom. The SMILES string of the molecule is CCNC(=NCCc1ccco1)N1CCN(c2nc(C)cc(C)n2)CC1.I. The van der Waals surface area contributed by atoms with Gasteiger partial charge in [0.1, 0.15) is 5.76 Å². The van der Waals surface area contributed by atoms with Gasteiger partial charge in [0.25, 0.3) is 0 Å². The number of nitrogens with zero attached hydrogens (tertiary/aromatic N) is 5. The molecule has 27 heavy (non-hydrogen) atoms. The van der Waals surface area contributed by atoms with Crippen molar-refractivity contribution < 1.29 is 4.42 Å². The molecule has 0 bridgehead atoms. The Kier molecular flexibility index (Phi) is 8.33. The zero-order valence-electron chi connectivity index (χ0n) is 16.3. The van der Waals surface area contributed by atoms with E-state index in [0.717, 1.165) is 74.7 Å². The van der Waals surface area contributed by atoms with Crippen molar-refractivity contribution >= 4 is 35.9 Å². The number of anilines is 1. The van der Waals surface area contributed by atoms with Crippen LogP contribution in [0.3, 0.4) is 0 Å². The summed E-state index contributed by atoms with van der Waals surface area (Å²) in [7, 11) is 0. The lowest BCUT2D eigenvalue weighted by Gasteiger charge is -2.36. The van der Waals surface area contributed by atoms with Crippen molar-refractivity contribution in [3.8, 4) is 0 Å². The van der Waals surface area contributed by atoms with Gasteiger partial charge in [0.2, 0.25) is 5.95 Å². The van der Waals surface area contributed by atoms with Gasteiger partial charge in [-0.05, 0) is 39.0 Å². The van der Waals surface area contributed by atoms with Crippen LogP contribution in [0, 0.1) is 13.8 Å². The van der Waals surface area contributed by atoms with Gasteiger partial charge in [0, 0.05) is 57.1 Å². The Morgan fingerprint density at radius 2 is 1.89 bits per heavy atom. The molecular weight excluding hydrogens is 455 g/mol. The Hall–Kier alpha value is -1.84. The van der Waals surface area contributed by atoms with Crippen LogP contribution < -0.4 is 10.2 Å². The molecule has 1 aliphatic rings. The molecule has 0 atom stereocenters. The molecule has 0 aliphatic carbocycles. The number of aliphatic imine (C=N–C) groups is 1. The topological polar surface area (TPSA) is 69.8 Å². The highest BCUT2D eigenvalue weighted by Gasteiger charge is 2.21. The second kappa shape index (κ2) is 10.5. The summed E-state index contributed by atoms with van der Waals surface area (Å²) in [6, 6.07) is 5.91. The summed E-state index contributed by atoms with van der Waals surface area (Å²) < 4.78 is 5.38. The van der Waals surface area contributed by atoms with Crippen LogP contribution in [0.5, 0.6) is 0 Å². The maximum atomic E-state index is 5.38. The van der Waals surface area contributed by atoms with Gasteiger partial charge in [-0.3, -0.25) is 4.99 Å². The summed E-state index contributed by atoms with van der Waals surface area (Å²) in [4.78, 5) is 18.5. The molecule has 3 heterocycles. The first-order valence-corrected chi connectivity index (χ1v) is 9.28. The van der Waals surface area contributed by atoms with E-state index in [4.69, 9.17) is 9.41 Å². The van der Waals surface area contributed by atoms with Crippen LogP contribution in [0.25, 0.3) is 0 Å². The molecule has 0 radical (unpaired) electrons. The molecule has 1 saturated heterocycles. The number of hydrogen-bond acceptors (Lipinski definition) is 5. The molecule has 0 unspecified atom stereocenters. The highest BCUT2D eigenvalue weighted by atomic mass is 127. The minimum atomic E-state index is 0. The van der Waals surface area contributed by atoms with Crippen LogP contribution in [-0.4, -0.2) is 60.1 Å². The first-order chi connectivity index (χ1) is 12.7. The standard InChI is InChI=1S/C19H28N6O.HI/c1-4-20-18(21-8-7-17-6-5-13-26-17)24-9-11-25(12-10-24)19-22-15(2)14-16(3)23-19;/h5-6,13-14H,4,7-12H2,1-3H3,(H,20,21);1H. The first kappa shape index (κ1) is 21.5. The normalized spacial score (nSPS) is 14.9. The predicted molar refractivity (Wildman–Crippen MR) is 119 cm³/mol. The molecule has 0 saturated carbocycles. The highest BCUT2D eigenvalue weighted by Crippen LogP contribution is 2.13. The van der Waals surface area contributed by atoms with E-state index in [9.17, 15) is 0 Å². The lowest BCUT2D eigenvalue weighted by molar-refractivity contribution is 0.370. The monoisotopic (exact) mass is 484 g/mol. The van der Waals surface area contributed by atoms with Crippen LogP contribution in [0.1, 0.15) is 24.1 Å². The minimum Gasteiger partial charge on any atom is -0.469 e. The quantitative estimate of drug-likeness (QED) is 0.400. The predicted octanol–water partition coefficient (Wildman–Crippen LogP) is 2.63. The van der Waals surface area contributed by atoms with Crippen molar-refractivity contribution in [2.75, 3.05) is 44.2 Å². The van der Waals surface area contributed by atoms with Crippen molar-refractivity contribution in [2.45, 2.75) is 27.2 Å². The number of piperazine rings is 1. The van der Waals surface area contributed by atoms with E-state index < -0.39 is 0 Å². The second-order valence-electron chi connectivity index (χ2n) is 6.49. The van der Waals surface area contributed by atoms with E-state index in [2.05, 4.69) is 32.0 Å². The fourth-order valence-corrected chi connectivity index (χ4v) is 3.12. The zero-order chi connectivity index (χ0) is 18.4. The van der Waals surface area contributed by atoms with Crippen LogP contribution >= 0.6 is 24.0 Å². The van der Waals surface area contributed by atoms with Gasteiger partial charge >= 0.3 is 0 Å². The lowest BCUT2D eigenvalue weighted by atomic mass is 10.3. The van der Waals surface area contributed by atoms with Crippen LogP contribution in [-0.2, 0) is 6.42 Å². The molecule has 0 amide bonds. The maximum Gasteiger partial charge on any atom is 0.225 e. The van der Waals surface area contributed by atoms with Gasteiger partial charge in [0.15, 0.2) is 5.96 Å². The smallest absolute Gasteiger partial charge is 0.225 e. The van der Waals surface area contributed by atoms with Gasteiger partial charge in [-0.1, -0.05) is 0 Å². The van der Waals surface area contributed by atoms with E-state index in [0.29, 0.717) is 0 Å². The van der Waals surface area contributed by atoms with Crippen molar-refractivity contribution in [3.63, 3.8) is 0 Å². The summed E-state index contributed by atoms with van der Waals surface area (Å²) in [6.07, 6.45) is 2.52. The van der Waals surface area contributed by atoms with Crippen LogP contribution in [0.15, 0.2) is 33.9 Å². The first-order valence-electron chi connectivity index (χ1n) is 9.28. The molecule has 1 N–H and O–H groups in total. The number of furan rings is 1. The van der Waals surface area contributed by atoms with Gasteiger partial charge < -0.3 is 19.5 Å². The number of aromatic nitrogens is 2. The third kappa shape index (κ3) is 6.08. The average molecular weight is 484 g/mol. The molecule has 0 spiro atoms. The summed E-state index contributed by atoms with van der Waals surface area (Å²) in [5.74, 6) is 2.78. The maximum absolute atomic E-state index is 5.38. The molecular formula is C19H29IN6O. The van der Waals surface area contributed by atoms with E-state index in [1.165, 1.54) is 0 Å². The molecule has 1 aliphatic heterocycles. The Morgan fingerprint density at radius 3 is 2.48 bits per heavy atom.